The van der Waals surface area contributed by atoms with E-state index in [1.807, 2.05) is 19.1 Å². The Balaban J connectivity index is 2.00. The first-order valence-electron chi connectivity index (χ1n) is 9.37. The highest BCUT2D eigenvalue weighted by Crippen LogP contribution is 2.37. The summed E-state index contributed by atoms with van der Waals surface area (Å²) in [4.78, 5) is 17.5. The third kappa shape index (κ3) is 3.49. The molecule has 4 aromatic rings. The average molecular weight is 442 g/mol. The van der Waals surface area contributed by atoms with Crippen LogP contribution in [0.5, 0.6) is 5.75 Å². The molecule has 0 fully saturated rings. The fourth-order valence-corrected chi connectivity index (χ4v) is 3.49. The lowest BCUT2D eigenvalue weighted by atomic mass is 10.1. The summed E-state index contributed by atoms with van der Waals surface area (Å²) in [5.41, 5.74) is 1.45. The van der Waals surface area contributed by atoms with Crippen molar-refractivity contribution < 1.29 is 27.8 Å². The molecule has 164 valence electrons. The van der Waals surface area contributed by atoms with Crippen LogP contribution >= 0.6 is 0 Å². The minimum atomic E-state index is -1.59. The number of methoxy groups -OCH3 is 1. The number of benzene rings is 2. The molecular weight excluding hydrogens is 425 g/mol. The maximum Gasteiger partial charge on any atom is 0.356 e. The van der Waals surface area contributed by atoms with Crippen molar-refractivity contribution in [2.45, 2.75) is 6.92 Å². The van der Waals surface area contributed by atoms with E-state index in [9.17, 15) is 23.1 Å². The van der Waals surface area contributed by atoms with E-state index in [0.29, 0.717) is 17.3 Å². The molecule has 0 spiro atoms. The molecule has 0 radical (unpaired) electrons. The van der Waals surface area contributed by atoms with E-state index >= 15 is 0 Å². The van der Waals surface area contributed by atoms with Gasteiger partial charge in [-0.2, -0.15) is 9.61 Å². The van der Waals surface area contributed by atoms with Crippen molar-refractivity contribution in [2.24, 2.45) is 0 Å². The van der Waals surface area contributed by atoms with Gasteiger partial charge in [0.15, 0.2) is 28.8 Å². The molecule has 0 amide bonds. The van der Waals surface area contributed by atoms with Crippen molar-refractivity contribution in [3.63, 3.8) is 0 Å². The molecule has 0 saturated heterocycles. The second-order valence-electron chi connectivity index (χ2n) is 7.04. The molecule has 0 aliphatic heterocycles. The van der Waals surface area contributed by atoms with E-state index in [2.05, 4.69) is 10.1 Å². The topological polar surface area (TPSA) is 80.0 Å². The highest BCUT2D eigenvalue weighted by Gasteiger charge is 2.21. The van der Waals surface area contributed by atoms with Gasteiger partial charge in [0.2, 0.25) is 0 Å². The molecule has 32 heavy (non-hydrogen) atoms. The summed E-state index contributed by atoms with van der Waals surface area (Å²) >= 11 is 0. The van der Waals surface area contributed by atoms with Crippen molar-refractivity contribution in [2.75, 3.05) is 19.1 Å². The number of halogens is 3. The number of fused-ring (bicyclic) bond motifs is 1. The highest BCUT2D eigenvalue weighted by molar-refractivity contribution is 5.87. The molecule has 2 aromatic carbocycles. The molecular formula is C22H17F3N4O3. The van der Waals surface area contributed by atoms with E-state index in [0.717, 1.165) is 17.7 Å². The minimum Gasteiger partial charge on any atom is -0.495 e. The zero-order valence-corrected chi connectivity index (χ0v) is 17.2. The zero-order valence-electron chi connectivity index (χ0n) is 17.2. The molecule has 0 atom stereocenters. The van der Waals surface area contributed by atoms with Crippen LogP contribution in [0.3, 0.4) is 0 Å². The second kappa shape index (κ2) is 7.88. The first kappa shape index (κ1) is 21.2. The highest BCUT2D eigenvalue weighted by atomic mass is 19.2. The maximum absolute atomic E-state index is 13.9. The van der Waals surface area contributed by atoms with Crippen LogP contribution in [0.1, 0.15) is 16.1 Å². The number of carboxylic acid groups (broad SMARTS) is 1. The number of carboxylic acids is 1. The van der Waals surface area contributed by atoms with Crippen molar-refractivity contribution in [3.05, 3.63) is 71.2 Å². The van der Waals surface area contributed by atoms with Crippen molar-refractivity contribution >= 4 is 23.1 Å². The van der Waals surface area contributed by atoms with Gasteiger partial charge >= 0.3 is 5.97 Å². The van der Waals surface area contributed by atoms with Crippen LogP contribution in [-0.4, -0.2) is 39.8 Å². The van der Waals surface area contributed by atoms with Crippen molar-refractivity contribution in [1.29, 1.82) is 0 Å². The van der Waals surface area contributed by atoms with Crippen LogP contribution in [0.15, 0.2) is 42.5 Å². The summed E-state index contributed by atoms with van der Waals surface area (Å²) in [7, 11) is 3.22. The zero-order chi connectivity index (χ0) is 23.2. The predicted molar refractivity (Wildman–Crippen MR) is 111 cm³/mol. The number of anilines is 2. The Hall–Kier alpha value is -4.08. The Kier molecular flexibility index (Phi) is 5.21. The number of aryl methyl sites for hydroxylation is 1. The SMILES string of the molecule is COc1cccc(C)c1N(C)c1cc(-c2cc(F)c(F)c(F)c2)nc2cc(C(=O)O)nn12. The van der Waals surface area contributed by atoms with Crippen LogP contribution in [0, 0.1) is 24.4 Å². The van der Waals surface area contributed by atoms with E-state index in [-0.39, 0.29) is 22.6 Å². The molecule has 0 unspecified atom stereocenters. The molecule has 0 aliphatic carbocycles. The Bertz CT molecular complexity index is 1350. The normalized spacial score (nSPS) is 11.1. The van der Waals surface area contributed by atoms with Crippen molar-refractivity contribution in [1.82, 2.24) is 14.6 Å². The summed E-state index contributed by atoms with van der Waals surface area (Å²) in [6.07, 6.45) is 0. The number of ether oxygens (including phenoxy) is 1. The number of para-hydroxylation sites is 1. The quantitative estimate of drug-likeness (QED) is 0.455. The molecule has 7 nitrogen and oxygen atoms in total. The standard InChI is InChI=1S/C22H17F3N4O3/c1-11-5-4-6-17(32-3)21(11)28(2)19-10-15(12-7-13(23)20(25)14(24)8-12)26-18-9-16(22(30)31)27-29(18)19/h4-10H,1-3H3,(H,30,31). The van der Waals surface area contributed by atoms with Gasteiger partial charge in [0.05, 0.1) is 18.5 Å². The lowest BCUT2D eigenvalue weighted by Crippen LogP contribution is -2.17. The van der Waals surface area contributed by atoms with Gasteiger partial charge in [-0.15, -0.1) is 0 Å². The van der Waals surface area contributed by atoms with Gasteiger partial charge in [-0.05, 0) is 30.7 Å². The third-order valence-electron chi connectivity index (χ3n) is 5.01. The first-order chi connectivity index (χ1) is 15.2. The molecule has 0 saturated carbocycles. The monoisotopic (exact) mass is 442 g/mol. The van der Waals surface area contributed by atoms with Crippen LogP contribution in [0.4, 0.5) is 24.7 Å². The first-order valence-corrected chi connectivity index (χ1v) is 9.37. The number of rotatable bonds is 5. The minimum absolute atomic E-state index is 0.0200. The number of hydrogen-bond donors (Lipinski definition) is 1. The van der Waals surface area contributed by atoms with Gasteiger partial charge in [0.1, 0.15) is 11.6 Å². The Labute approximate surface area is 180 Å². The van der Waals surface area contributed by atoms with Gasteiger partial charge in [0.25, 0.3) is 0 Å². The predicted octanol–water partition coefficient (Wildman–Crippen LogP) is 4.60. The maximum atomic E-state index is 13.9. The summed E-state index contributed by atoms with van der Waals surface area (Å²) in [5, 5.41) is 13.5. The fourth-order valence-electron chi connectivity index (χ4n) is 3.49. The largest absolute Gasteiger partial charge is 0.495 e. The second-order valence-corrected chi connectivity index (χ2v) is 7.04. The van der Waals surface area contributed by atoms with Crippen molar-refractivity contribution in [3.8, 4) is 17.0 Å². The average Bonchev–Trinajstić information content (AvgIpc) is 3.20. The van der Waals surface area contributed by atoms with Crippen LogP contribution < -0.4 is 9.64 Å². The van der Waals surface area contributed by atoms with E-state index in [4.69, 9.17) is 4.74 Å². The van der Waals surface area contributed by atoms with Gasteiger partial charge in [-0.3, -0.25) is 0 Å². The summed E-state index contributed by atoms with van der Waals surface area (Å²) in [6, 6.07) is 9.80. The molecule has 2 aromatic heterocycles. The van der Waals surface area contributed by atoms with E-state index in [1.54, 1.807) is 18.0 Å². The number of aromatic carboxylic acids is 1. The smallest absolute Gasteiger partial charge is 0.356 e. The van der Waals surface area contributed by atoms with Crippen LogP contribution in [-0.2, 0) is 0 Å². The Morgan fingerprint density at radius 1 is 1.12 bits per heavy atom. The number of nitrogens with zero attached hydrogens (tertiary/aromatic N) is 4. The van der Waals surface area contributed by atoms with Gasteiger partial charge in [-0.25, -0.2) is 22.9 Å². The molecule has 0 aliphatic rings. The number of aromatic nitrogens is 3. The molecule has 10 heteroatoms. The van der Waals surface area contributed by atoms with Crippen LogP contribution in [0.2, 0.25) is 0 Å². The summed E-state index contributed by atoms with van der Waals surface area (Å²) < 4.78 is 47.9. The molecule has 1 N–H and O–H groups in total. The fraction of sp³-hybridized carbons (Fsp3) is 0.136. The molecule has 4 rings (SSSR count). The molecule has 0 bridgehead atoms. The number of carbonyl (C=O) groups is 1. The van der Waals surface area contributed by atoms with Gasteiger partial charge in [0, 0.05) is 24.7 Å². The van der Waals surface area contributed by atoms with Crippen LogP contribution in [0.25, 0.3) is 16.9 Å². The van der Waals surface area contributed by atoms with E-state index < -0.39 is 23.4 Å². The summed E-state index contributed by atoms with van der Waals surface area (Å²) in [6.45, 7) is 1.87. The lowest BCUT2D eigenvalue weighted by molar-refractivity contribution is 0.0690. The number of hydrogen-bond acceptors (Lipinski definition) is 5. The van der Waals surface area contributed by atoms with Gasteiger partial charge in [-0.1, -0.05) is 12.1 Å². The third-order valence-corrected chi connectivity index (χ3v) is 5.01. The van der Waals surface area contributed by atoms with E-state index in [1.165, 1.54) is 23.8 Å². The molecule has 2 heterocycles. The Morgan fingerprint density at radius 3 is 2.44 bits per heavy atom. The van der Waals surface area contributed by atoms with Gasteiger partial charge < -0.3 is 14.7 Å². The lowest BCUT2D eigenvalue weighted by Gasteiger charge is -2.24. The summed E-state index contributed by atoms with van der Waals surface area (Å²) in [5.74, 6) is -4.69. The Morgan fingerprint density at radius 2 is 1.81 bits per heavy atom.